The molecular formula is C46H28N4O. The number of rotatable bonds is 5. The van der Waals surface area contributed by atoms with Crippen molar-refractivity contribution in [2.75, 3.05) is 0 Å². The van der Waals surface area contributed by atoms with Gasteiger partial charge in [-0.05, 0) is 95.1 Å². The molecule has 0 bridgehead atoms. The monoisotopic (exact) mass is 652 g/mol. The lowest BCUT2D eigenvalue weighted by Gasteiger charge is -2.13. The van der Waals surface area contributed by atoms with Gasteiger partial charge in [-0.15, -0.1) is 0 Å². The lowest BCUT2D eigenvalue weighted by molar-refractivity contribution is 0.669. The van der Waals surface area contributed by atoms with Gasteiger partial charge in [0, 0.05) is 44.9 Å². The summed E-state index contributed by atoms with van der Waals surface area (Å²) in [4.78, 5) is 19.5. The summed E-state index contributed by atoms with van der Waals surface area (Å²) in [5.74, 6) is 0. The molecular weight excluding hydrogens is 625 g/mol. The molecule has 0 aliphatic rings. The van der Waals surface area contributed by atoms with Crippen molar-refractivity contribution < 1.29 is 4.42 Å². The van der Waals surface area contributed by atoms with Gasteiger partial charge in [0.05, 0.1) is 34.0 Å². The van der Waals surface area contributed by atoms with Gasteiger partial charge in [0.25, 0.3) is 0 Å². The molecule has 0 unspecified atom stereocenters. The van der Waals surface area contributed by atoms with Crippen molar-refractivity contribution in [2.24, 2.45) is 0 Å². The average molecular weight is 653 g/mol. The fourth-order valence-corrected chi connectivity index (χ4v) is 7.17. The average Bonchev–Trinajstić information content (AvgIpc) is 3.60. The minimum absolute atomic E-state index is 0.799. The molecule has 0 N–H and O–H groups in total. The number of para-hydroxylation sites is 1. The number of hydrogen-bond acceptors (Lipinski definition) is 5. The first kappa shape index (κ1) is 29.0. The fourth-order valence-electron chi connectivity index (χ4n) is 7.17. The first-order valence-electron chi connectivity index (χ1n) is 17.0. The summed E-state index contributed by atoms with van der Waals surface area (Å²) in [6, 6.07) is 54.2. The van der Waals surface area contributed by atoms with Crippen molar-refractivity contribution in [1.29, 1.82) is 0 Å². The molecule has 0 fully saturated rings. The maximum absolute atomic E-state index is 6.38. The number of fused-ring (bicyclic) bond motifs is 7. The van der Waals surface area contributed by atoms with Gasteiger partial charge in [-0.25, -0.2) is 9.97 Å². The Kier molecular flexibility index (Phi) is 6.74. The molecule has 0 spiro atoms. The van der Waals surface area contributed by atoms with E-state index in [-0.39, 0.29) is 0 Å². The molecule has 5 heterocycles. The van der Waals surface area contributed by atoms with Gasteiger partial charge in [0.15, 0.2) is 0 Å². The topological polar surface area (TPSA) is 64.7 Å². The second-order valence-electron chi connectivity index (χ2n) is 12.7. The van der Waals surface area contributed by atoms with Gasteiger partial charge in [0.1, 0.15) is 11.2 Å². The molecule has 5 aromatic heterocycles. The van der Waals surface area contributed by atoms with Gasteiger partial charge in [-0.3, -0.25) is 9.97 Å². The molecule has 5 aromatic carbocycles. The summed E-state index contributed by atoms with van der Waals surface area (Å²) in [6.07, 6.45) is 3.60. The van der Waals surface area contributed by atoms with E-state index < -0.39 is 0 Å². The number of benzene rings is 5. The van der Waals surface area contributed by atoms with E-state index >= 15 is 0 Å². The molecule has 0 saturated heterocycles. The Labute approximate surface area is 293 Å². The molecule has 51 heavy (non-hydrogen) atoms. The van der Waals surface area contributed by atoms with Gasteiger partial charge in [0.2, 0.25) is 0 Å². The van der Waals surface area contributed by atoms with Crippen LogP contribution in [0.25, 0.3) is 99.9 Å². The van der Waals surface area contributed by atoms with E-state index in [1.54, 1.807) is 12.4 Å². The van der Waals surface area contributed by atoms with Gasteiger partial charge in [-0.2, -0.15) is 0 Å². The van der Waals surface area contributed by atoms with Crippen LogP contribution in [-0.4, -0.2) is 19.9 Å². The fraction of sp³-hybridized carbons (Fsp3) is 0. The van der Waals surface area contributed by atoms with E-state index in [2.05, 4.69) is 113 Å². The predicted molar refractivity (Wildman–Crippen MR) is 207 cm³/mol. The van der Waals surface area contributed by atoms with Crippen molar-refractivity contribution >= 4 is 43.6 Å². The smallest absolute Gasteiger partial charge is 0.136 e. The van der Waals surface area contributed by atoms with Crippen LogP contribution in [0.1, 0.15) is 0 Å². The van der Waals surface area contributed by atoms with E-state index in [1.807, 2.05) is 54.6 Å². The third-order valence-corrected chi connectivity index (χ3v) is 9.55. The third-order valence-electron chi connectivity index (χ3n) is 9.55. The van der Waals surface area contributed by atoms with E-state index in [4.69, 9.17) is 14.4 Å². The van der Waals surface area contributed by atoms with E-state index in [9.17, 15) is 0 Å². The molecule has 0 amide bonds. The maximum atomic E-state index is 6.38. The van der Waals surface area contributed by atoms with Crippen molar-refractivity contribution in [3.63, 3.8) is 0 Å². The minimum Gasteiger partial charge on any atom is -0.456 e. The van der Waals surface area contributed by atoms with Gasteiger partial charge >= 0.3 is 0 Å². The number of nitrogens with zero attached hydrogens (tertiary/aromatic N) is 4. The number of furan rings is 1. The summed E-state index contributed by atoms with van der Waals surface area (Å²) < 4.78 is 6.38. The minimum atomic E-state index is 0.799. The quantitative estimate of drug-likeness (QED) is 0.173. The first-order chi connectivity index (χ1) is 25.3. The summed E-state index contributed by atoms with van der Waals surface area (Å²) in [5, 5.41) is 5.54. The highest BCUT2D eigenvalue weighted by atomic mass is 16.3. The van der Waals surface area contributed by atoms with Crippen LogP contribution < -0.4 is 0 Å². The second-order valence-corrected chi connectivity index (χ2v) is 12.7. The van der Waals surface area contributed by atoms with Crippen LogP contribution in [0.15, 0.2) is 175 Å². The van der Waals surface area contributed by atoms with E-state index in [1.165, 1.54) is 0 Å². The van der Waals surface area contributed by atoms with Crippen LogP contribution in [0.4, 0.5) is 0 Å². The van der Waals surface area contributed by atoms with Crippen molar-refractivity contribution in [1.82, 2.24) is 19.9 Å². The Morgan fingerprint density at radius 1 is 0.353 bits per heavy atom. The second kappa shape index (κ2) is 11.9. The summed E-state index contributed by atoms with van der Waals surface area (Å²) >= 11 is 0. The summed E-state index contributed by atoms with van der Waals surface area (Å²) in [5.41, 5.74) is 12.3. The molecule has 0 saturated carbocycles. The Morgan fingerprint density at radius 2 is 1.02 bits per heavy atom. The molecule has 238 valence electrons. The molecule has 0 aliphatic carbocycles. The molecule has 5 nitrogen and oxygen atoms in total. The summed E-state index contributed by atoms with van der Waals surface area (Å²) in [6.45, 7) is 0. The molecule has 10 rings (SSSR count). The standard InChI is InChI=1S/C46H28N4O/c1-2-11-29(12-3-1)46-35-20-22-43-45(34-15-4-5-18-42(34)51-43)44(35)36-26-32(19-21-37(36)50-46)30-13-10-14-31(25-30)33-27-40(38-16-6-8-23-47-38)49-41(28-33)39-17-7-9-24-48-39/h1-28H. The van der Waals surface area contributed by atoms with Crippen LogP contribution in [-0.2, 0) is 0 Å². The molecule has 5 heteroatoms. The van der Waals surface area contributed by atoms with Crippen molar-refractivity contribution in [2.45, 2.75) is 0 Å². The SMILES string of the molecule is c1ccc(-c2nc3ccc(-c4cccc(-c5cc(-c6ccccn6)nc(-c6ccccn6)c5)c4)cc3c3c2ccc2oc4ccccc4c23)cc1. The zero-order chi connectivity index (χ0) is 33.7. The first-order valence-corrected chi connectivity index (χ1v) is 17.0. The molecule has 0 aliphatic heterocycles. The predicted octanol–water partition coefficient (Wildman–Crippen LogP) is 11.8. The lowest BCUT2D eigenvalue weighted by Crippen LogP contribution is -1.94. The van der Waals surface area contributed by atoms with Crippen molar-refractivity contribution in [3.05, 3.63) is 170 Å². The van der Waals surface area contributed by atoms with Crippen molar-refractivity contribution in [3.8, 4) is 56.3 Å². The largest absolute Gasteiger partial charge is 0.456 e. The maximum Gasteiger partial charge on any atom is 0.136 e. The molecule has 0 atom stereocenters. The Morgan fingerprint density at radius 3 is 1.76 bits per heavy atom. The molecule has 0 radical (unpaired) electrons. The molecule has 10 aromatic rings. The van der Waals surface area contributed by atoms with Crippen LogP contribution in [0.3, 0.4) is 0 Å². The highest BCUT2D eigenvalue weighted by Crippen LogP contribution is 2.42. The highest BCUT2D eigenvalue weighted by molar-refractivity contribution is 6.28. The summed E-state index contributed by atoms with van der Waals surface area (Å²) in [7, 11) is 0. The number of aromatic nitrogens is 4. The zero-order valence-electron chi connectivity index (χ0n) is 27.4. The normalized spacial score (nSPS) is 11.5. The van der Waals surface area contributed by atoms with Gasteiger partial charge < -0.3 is 4.42 Å². The van der Waals surface area contributed by atoms with Gasteiger partial charge in [-0.1, -0.05) is 84.9 Å². The number of pyridine rings is 4. The Balaban J connectivity index is 1.18. The van der Waals surface area contributed by atoms with Crippen LogP contribution in [0.5, 0.6) is 0 Å². The highest BCUT2D eigenvalue weighted by Gasteiger charge is 2.18. The lowest BCUT2D eigenvalue weighted by atomic mass is 9.93. The third kappa shape index (κ3) is 5.03. The van der Waals surface area contributed by atoms with E-state index in [0.717, 1.165) is 99.9 Å². The number of hydrogen-bond donors (Lipinski definition) is 0. The van der Waals surface area contributed by atoms with E-state index in [0.29, 0.717) is 0 Å². The Bertz CT molecular complexity index is 2840. The Hall–Kier alpha value is -6.98. The zero-order valence-corrected chi connectivity index (χ0v) is 27.4. The van der Waals surface area contributed by atoms with Crippen LogP contribution in [0.2, 0.25) is 0 Å². The van der Waals surface area contributed by atoms with Crippen LogP contribution >= 0.6 is 0 Å². The van der Waals surface area contributed by atoms with Crippen LogP contribution in [0, 0.1) is 0 Å².